The van der Waals surface area contributed by atoms with Crippen molar-refractivity contribution in [2.24, 2.45) is 0 Å². The minimum Gasteiger partial charge on any atom is -0.382 e. The van der Waals surface area contributed by atoms with Crippen LogP contribution >= 0.6 is 0 Å². The summed E-state index contributed by atoms with van der Waals surface area (Å²) >= 11 is 0. The summed E-state index contributed by atoms with van der Waals surface area (Å²) < 4.78 is 0. The second-order valence-corrected chi connectivity index (χ2v) is 4.11. The molecule has 2 atom stereocenters. The van der Waals surface area contributed by atoms with Crippen molar-refractivity contribution in [1.82, 2.24) is 10.2 Å². The molecule has 0 amide bonds. The van der Waals surface area contributed by atoms with E-state index >= 15 is 0 Å². The van der Waals surface area contributed by atoms with Crippen LogP contribution in [0.4, 0.5) is 5.82 Å². The summed E-state index contributed by atoms with van der Waals surface area (Å²) in [6.45, 7) is 0. The van der Waals surface area contributed by atoms with E-state index in [-0.39, 0.29) is 0 Å². The van der Waals surface area contributed by atoms with Gasteiger partial charge in [0.25, 0.3) is 0 Å². The number of aromatic nitrogens is 2. The number of nitrogens with one attached hydrogen (secondary N) is 1. The molecule has 2 unspecified atom stereocenters. The van der Waals surface area contributed by atoms with Gasteiger partial charge in [-0.3, -0.25) is 5.10 Å². The number of rotatable bonds is 2. The molecule has 76 valence electrons. The van der Waals surface area contributed by atoms with Crippen molar-refractivity contribution in [2.45, 2.75) is 18.3 Å². The van der Waals surface area contributed by atoms with E-state index < -0.39 is 0 Å². The van der Waals surface area contributed by atoms with Gasteiger partial charge >= 0.3 is 0 Å². The van der Waals surface area contributed by atoms with Crippen LogP contribution in [0.15, 0.2) is 36.4 Å². The predicted molar refractivity (Wildman–Crippen MR) is 59.5 cm³/mol. The molecule has 1 aliphatic rings. The zero-order valence-corrected chi connectivity index (χ0v) is 8.35. The van der Waals surface area contributed by atoms with Crippen LogP contribution in [-0.2, 0) is 0 Å². The topological polar surface area (TPSA) is 54.7 Å². The van der Waals surface area contributed by atoms with Crippen molar-refractivity contribution >= 4 is 5.82 Å². The first-order chi connectivity index (χ1) is 7.34. The van der Waals surface area contributed by atoms with E-state index in [4.69, 9.17) is 5.73 Å². The Balaban J connectivity index is 1.80. The number of anilines is 1. The Bertz CT molecular complexity index is 461. The molecular formula is C12H13N3. The van der Waals surface area contributed by atoms with Crippen molar-refractivity contribution in [1.29, 1.82) is 0 Å². The van der Waals surface area contributed by atoms with Crippen molar-refractivity contribution in [3.63, 3.8) is 0 Å². The fraction of sp³-hybridized carbons (Fsp3) is 0.250. The largest absolute Gasteiger partial charge is 0.382 e. The van der Waals surface area contributed by atoms with Gasteiger partial charge in [0.15, 0.2) is 0 Å². The molecule has 0 aliphatic heterocycles. The number of benzene rings is 1. The molecule has 1 aromatic heterocycles. The summed E-state index contributed by atoms with van der Waals surface area (Å²) in [5.41, 5.74) is 8.17. The van der Waals surface area contributed by atoms with Gasteiger partial charge in [-0.1, -0.05) is 30.3 Å². The van der Waals surface area contributed by atoms with Gasteiger partial charge in [0, 0.05) is 17.7 Å². The van der Waals surface area contributed by atoms with Crippen LogP contribution < -0.4 is 5.73 Å². The summed E-state index contributed by atoms with van der Waals surface area (Å²) in [4.78, 5) is 0. The maximum atomic E-state index is 5.59. The third-order valence-corrected chi connectivity index (χ3v) is 3.04. The molecule has 0 saturated heterocycles. The minimum atomic E-state index is 0.581. The van der Waals surface area contributed by atoms with Gasteiger partial charge in [-0.05, 0) is 17.9 Å². The highest BCUT2D eigenvalue weighted by atomic mass is 15.2. The molecule has 0 spiro atoms. The fourth-order valence-corrected chi connectivity index (χ4v) is 2.15. The second-order valence-electron chi connectivity index (χ2n) is 4.11. The molecule has 3 heteroatoms. The Morgan fingerprint density at radius 3 is 2.67 bits per heavy atom. The molecular weight excluding hydrogens is 186 g/mol. The zero-order chi connectivity index (χ0) is 10.3. The summed E-state index contributed by atoms with van der Waals surface area (Å²) in [6.07, 6.45) is 1.20. The number of nitrogens with two attached hydrogens (primary N) is 1. The normalized spacial score (nSPS) is 24.0. The van der Waals surface area contributed by atoms with E-state index in [1.807, 2.05) is 6.07 Å². The molecule has 1 aromatic carbocycles. The Hall–Kier alpha value is -1.77. The fourth-order valence-electron chi connectivity index (χ4n) is 2.15. The maximum Gasteiger partial charge on any atom is 0.145 e. The van der Waals surface area contributed by atoms with Crippen molar-refractivity contribution in [2.75, 3.05) is 5.73 Å². The van der Waals surface area contributed by atoms with E-state index in [2.05, 4.69) is 40.5 Å². The lowest BCUT2D eigenvalue weighted by molar-refractivity contribution is 0.934. The average Bonchev–Trinajstić information content (AvgIpc) is 2.96. The first-order valence-corrected chi connectivity index (χ1v) is 5.20. The Labute approximate surface area is 88.3 Å². The van der Waals surface area contributed by atoms with E-state index in [1.54, 1.807) is 0 Å². The maximum absolute atomic E-state index is 5.59. The van der Waals surface area contributed by atoms with Gasteiger partial charge in [-0.2, -0.15) is 5.10 Å². The lowest BCUT2D eigenvalue weighted by Gasteiger charge is -1.97. The van der Waals surface area contributed by atoms with E-state index in [0.29, 0.717) is 17.7 Å². The third-order valence-electron chi connectivity index (χ3n) is 3.04. The average molecular weight is 199 g/mol. The SMILES string of the molecule is Nc1cc(C2CC2c2ccccc2)[nH]n1. The summed E-state index contributed by atoms with van der Waals surface area (Å²) in [5, 5.41) is 6.95. The van der Waals surface area contributed by atoms with Crippen LogP contribution in [-0.4, -0.2) is 10.2 Å². The molecule has 1 aliphatic carbocycles. The number of H-pyrrole nitrogens is 1. The Kier molecular flexibility index (Phi) is 1.78. The van der Waals surface area contributed by atoms with Crippen molar-refractivity contribution < 1.29 is 0 Å². The predicted octanol–water partition coefficient (Wildman–Crippen LogP) is 2.26. The van der Waals surface area contributed by atoms with Crippen LogP contribution in [0.2, 0.25) is 0 Å². The van der Waals surface area contributed by atoms with E-state index in [0.717, 1.165) is 0 Å². The van der Waals surface area contributed by atoms with Crippen LogP contribution in [0, 0.1) is 0 Å². The van der Waals surface area contributed by atoms with Gasteiger partial charge in [0.2, 0.25) is 0 Å². The van der Waals surface area contributed by atoms with Crippen LogP contribution in [0.25, 0.3) is 0 Å². The first-order valence-electron chi connectivity index (χ1n) is 5.20. The number of nitrogens with zero attached hydrogens (tertiary/aromatic N) is 1. The van der Waals surface area contributed by atoms with Gasteiger partial charge in [-0.25, -0.2) is 0 Å². The first kappa shape index (κ1) is 8.53. The quantitative estimate of drug-likeness (QED) is 0.779. The monoisotopic (exact) mass is 199 g/mol. The Morgan fingerprint density at radius 1 is 1.20 bits per heavy atom. The molecule has 1 saturated carbocycles. The summed E-state index contributed by atoms with van der Waals surface area (Å²) in [6, 6.07) is 12.5. The molecule has 3 N–H and O–H groups in total. The van der Waals surface area contributed by atoms with Crippen LogP contribution in [0.1, 0.15) is 29.5 Å². The van der Waals surface area contributed by atoms with E-state index in [9.17, 15) is 0 Å². The van der Waals surface area contributed by atoms with Gasteiger partial charge < -0.3 is 5.73 Å². The molecule has 1 fully saturated rings. The van der Waals surface area contributed by atoms with Crippen molar-refractivity contribution in [3.8, 4) is 0 Å². The highest BCUT2D eigenvalue weighted by Gasteiger charge is 2.40. The smallest absolute Gasteiger partial charge is 0.145 e. The van der Waals surface area contributed by atoms with Crippen LogP contribution in [0.5, 0.6) is 0 Å². The second kappa shape index (κ2) is 3.12. The Morgan fingerprint density at radius 2 is 2.00 bits per heavy atom. The van der Waals surface area contributed by atoms with Gasteiger partial charge in [-0.15, -0.1) is 0 Å². The standard InChI is InChI=1S/C12H13N3/c13-12-7-11(14-15-12)10-6-9(10)8-4-2-1-3-5-8/h1-5,7,9-10H,6H2,(H3,13,14,15). The molecule has 1 heterocycles. The zero-order valence-electron chi connectivity index (χ0n) is 8.35. The molecule has 15 heavy (non-hydrogen) atoms. The van der Waals surface area contributed by atoms with Crippen molar-refractivity contribution in [3.05, 3.63) is 47.7 Å². The number of hydrogen-bond donors (Lipinski definition) is 2. The summed E-state index contributed by atoms with van der Waals surface area (Å²) in [7, 11) is 0. The van der Waals surface area contributed by atoms with Gasteiger partial charge in [0.05, 0.1) is 0 Å². The molecule has 3 rings (SSSR count). The minimum absolute atomic E-state index is 0.581. The lowest BCUT2D eigenvalue weighted by atomic mass is 10.1. The van der Waals surface area contributed by atoms with E-state index in [1.165, 1.54) is 17.7 Å². The molecule has 3 nitrogen and oxygen atoms in total. The number of nitrogen functional groups attached to an aromatic ring is 1. The lowest BCUT2D eigenvalue weighted by Crippen LogP contribution is -1.84. The highest BCUT2D eigenvalue weighted by molar-refractivity contribution is 5.38. The number of hydrogen-bond acceptors (Lipinski definition) is 2. The van der Waals surface area contributed by atoms with Gasteiger partial charge in [0.1, 0.15) is 5.82 Å². The molecule has 0 radical (unpaired) electrons. The molecule has 2 aromatic rings. The summed E-state index contributed by atoms with van der Waals surface area (Å²) in [5.74, 6) is 1.81. The third kappa shape index (κ3) is 1.50. The van der Waals surface area contributed by atoms with Crippen LogP contribution in [0.3, 0.4) is 0 Å². The number of aromatic amines is 1. The molecule has 0 bridgehead atoms. The highest BCUT2D eigenvalue weighted by Crippen LogP contribution is 2.54.